The number of hydrogen-bond donors (Lipinski definition) is 1. The molecule has 0 bridgehead atoms. The Morgan fingerprint density at radius 3 is 2.00 bits per heavy atom. The number of hydrogen-bond acceptors (Lipinski definition) is 1. The van der Waals surface area contributed by atoms with Crippen molar-refractivity contribution < 1.29 is 37.5 Å². The predicted octanol–water partition coefficient (Wildman–Crippen LogP) is 4.62. The van der Waals surface area contributed by atoms with Crippen molar-refractivity contribution in [1.29, 1.82) is 0 Å². The van der Waals surface area contributed by atoms with Crippen LogP contribution >= 0.6 is 7.26 Å². The van der Waals surface area contributed by atoms with E-state index in [-0.39, 0.29) is 44.3 Å². The van der Waals surface area contributed by atoms with E-state index in [0.717, 1.165) is 29.7 Å². The van der Waals surface area contributed by atoms with Crippen LogP contribution in [0.1, 0.15) is 36.5 Å². The summed E-state index contributed by atoms with van der Waals surface area (Å²) in [4.78, 5) is 12.7. The Kier molecular flexibility index (Phi) is 8.84. The third-order valence-electron chi connectivity index (χ3n) is 3.73. The van der Waals surface area contributed by atoms with Crippen LogP contribution in [0.2, 0.25) is 0 Å². The van der Waals surface area contributed by atoms with Gasteiger partial charge in [0.05, 0.1) is 0 Å². The average molecular weight is 383 g/mol. The molecular weight excluding hydrogens is 354 g/mol. The van der Waals surface area contributed by atoms with Crippen molar-refractivity contribution in [1.82, 2.24) is 0 Å². The molecule has 1 radical (unpaired) electrons. The molecule has 0 saturated carbocycles. The first-order chi connectivity index (χ1) is 9.16. The van der Waals surface area contributed by atoms with Gasteiger partial charge in [-0.3, -0.25) is 4.79 Å². The molecule has 0 aliphatic rings. The third kappa shape index (κ3) is 6.08. The van der Waals surface area contributed by atoms with Crippen molar-refractivity contribution in [3.05, 3.63) is 28.8 Å². The molecule has 1 amide bonds. The van der Waals surface area contributed by atoms with Gasteiger partial charge in [-0.1, -0.05) is 31.0 Å². The zero-order valence-electron chi connectivity index (χ0n) is 14.6. The quantitative estimate of drug-likeness (QED) is 0.739. The molecule has 0 fully saturated rings. The van der Waals surface area contributed by atoms with E-state index in [1.165, 1.54) is 5.56 Å². The molecule has 0 heterocycles. The summed E-state index contributed by atoms with van der Waals surface area (Å²) in [7, 11) is -1.19. The number of carbonyl (C=O) groups excluding carboxylic acids is 1. The van der Waals surface area contributed by atoms with Crippen LogP contribution in [-0.2, 0) is 37.5 Å². The van der Waals surface area contributed by atoms with Crippen molar-refractivity contribution >= 4 is 18.9 Å². The molecule has 1 N–H and O–H groups in total. The number of carbonyl (C=O) groups is 1. The van der Waals surface area contributed by atoms with Crippen LogP contribution < -0.4 is 5.32 Å². The smallest absolute Gasteiger partial charge is 0.265 e. The molecule has 1 aromatic rings. The van der Waals surface area contributed by atoms with Crippen LogP contribution in [0.5, 0.6) is 0 Å². The van der Waals surface area contributed by atoms with E-state index in [9.17, 15) is 4.79 Å². The molecule has 0 saturated heterocycles. The fourth-order valence-electron chi connectivity index (χ4n) is 2.73. The zero-order chi connectivity index (χ0) is 15.5. The monoisotopic (exact) mass is 383 g/mol. The van der Waals surface area contributed by atoms with Crippen LogP contribution in [0.4, 0.5) is 5.69 Å². The summed E-state index contributed by atoms with van der Waals surface area (Å²) in [6.07, 6.45) is 2.04. The first kappa shape index (κ1) is 21.2. The molecule has 0 spiro atoms. The number of amides is 1. The van der Waals surface area contributed by atoms with Crippen LogP contribution in [0, 0.1) is 20.8 Å². The molecule has 4 heteroatoms. The van der Waals surface area contributed by atoms with Crippen LogP contribution in [0.15, 0.2) is 12.1 Å². The van der Waals surface area contributed by atoms with Crippen LogP contribution in [0.25, 0.3) is 0 Å². The molecular formula is C17H29NOPY+. The van der Waals surface area contributed by atoms with Gasteiger partial charge in [0.15, 0.2) is 0 Å². The second-order valence-electron chi connectivity index (χ2n) is 6.68. The predicted molar refractivity (Wildman–Crippen MR) is 92.7 cm³/mol. The number of aryl methyl sites for hydroxylation is 3. The minimum Gasteiger partial charge on any atom is -0.322 e. The van der Waals surface area contributed by atoms with Gasteiger partial charge in [-0.15, -0.1) is 0 Å². The average Bonchev–Trinajstić information content (AvgIpc) is 2.28. The van der Waals surface area contributed by atoms with Gasteiger partial charge in [-0.25, -0.2) is 0 Å². The Balaban J connectivity index is 0.00000400. The Bertz CT molecular complexity index is 471. The molecule has 21 heavy (non-hydrogen) atoms. The minimum absolute atomic E-state index is 0. The first-order valence-corrected chi connectivity index (χ1v) is 10.6. The molecule has 1 aromatic carbocycles. The molecule has 2 nitrogen and oxygen atoms in total. The van der Waals surface area contributed by atoms with Crippen molar-refractivity contribution in [3.8, 4) is 0 Å². The summed E-state index contributed by atoms with van der Waals surface area (Å²) in [6.45, 7) is 15.1. The number of rotatable bonds is 5. The molecule has 1 rings (SSSR count). The van der Waals surface area contributed by atoms with Crippen molar-refractivity contribution in [3.63, 3.8) is 0 Å². The Morgan fingerprint density at radius 2 is 1.62 bits per heavy atom. The molecule has 1 atom stereocenters. The van der Waals surface area contributed by atoms with Crippen LogP contribution in [0.3, 0.4) is 0 Å². The normalized spacial score (nSPS) is 12.5. The molecule has 115 valence electrons. The summed E-state index contributed by atoms with van der Waals surface area (Å²) >= 11 is 0. The summed E-state index contributed by atoms with van der Waals surface area (Å²) in [5.74, 6) is 0.197. The maximum atomic E-state index is 12.7. The second kappa shape index (κ2) is 8.75. The fourth-order valence-corrected chi connectivity index (χ4v) is 4.53. The number of nitrogens with one attached hydrogen (secondary N) is 1. The van der Waals surface area contributed by atoms with Gasteiger partial charge in [0.2, 0.25) is 0 Å². The number of anilines is 1. The molecule has 1 unspecified atom stereocenters. The van der Waals surface area contributed by atoms with E-state index in [1.54, 1.807) is 0 Å². The summed E-state index contributed by atoms with van der Waals surface area (Å²) in [5.41, 5.74) is 4.70. The van der Waals surface area contributed by atoms with Crippen molar-refractivity contribution in [2.24, 2.45) is 0 Å². The van der Waals surface area contributed by atoms with E-state index in [4.69, 9.17) is 0 Å². The largest absolute Gasteiger partial charge is 0.322 e. The van der Waals surface area contributed by atoms with E-state index in [1.807, 2.05) is 0 Å². The van der Waals surface area contributed by atoms with Gasteiger partial charge in [0.1, 0.15) is 5.66 Å². The minimum atomic E-state index is -1.19. The maximum Gasteiger partial charge on any atom is 0.265 e. The van der Waals surface area contributed by atoms with Crippen LogP contribution in [-0.4, -0.2) is 31.6 Å². The Labute approximate surface area is 156 Å². The topological polar surface area (TPSA) is 29.1 Å². The summed E-state index contributed by atoms with van der Waals surface area (Å²) in [6, 6.07) is 4.26. The third-order valence-corrected chi connectivity index (χ3v) is 6.09. The van der Waals surface area contributed by atoms with Gasteiger partial charge in [0, 0.05) is 65.7 Å². The zero-order valence-corrected chi connectivity index (χ0v) is 18.3. The molecule has 0 aromatic heterocycles. The number of benzene rings is 1. The SMILES string of the molecule is CCCC(C(=O)Nc1c(C)cc(C)cc1C)[P+](C)(C)C.[Y]. The van der Waals surface area contributed by atoms with E-state index >= 15 is 0 Å². The Hall–Kier alpha value is 0.224. The second-order valence-corrected chi connectivity index (χ2v) is 11.5. The van der Waals surface area contributed by atoms with Crippen molar-refractivity contribution in [2.75, 3.05) is 25.3 Å². The van der Waals surface area contributed by atoms with Gasteiger partial charge >= 0.3 is 0 Å². The first-order valence-electron chi connectivity index (χ1n) is 7.36. The van der Waals surface area contributed by atoms with Gasteiger partial charge in [-0.05, 0) is 38.3 Å². The van der Waals surface area contributed by atoms with E-state index < -0.39 is 7.26 Å². The summed E-state index contributed by atoms with van der Waals surface area (Å²) < 4.78 is 0. The summed E-state index contributed by atoms with van der Waals surface area (Å²) in [5, 5.41) is 3.19. The molecule has 0 aliphatic heterocycles. The maximum absolute atomic E-state index is 12.7. The van der Waals surface area contributed by atoms with Gasteiger partial charge < -0.3 is 5.32 Å². The van der Waals surface area contributed by atoms with Crippen molar-refractivity contribution in [2.45, 2.75) is 46.2 Å². The fraction of sp³-hybridized carbons (Fsp3) is 0.588. The van der Waals surface area contributed by atoms with E-state index in [2.05, 4.69) is 65.1 Å². The molecule has 0 aliphatic carbocycles. The van der Waals surface area contributed by atoms with Gasteiger partial charge in [0.25, 0.3) is 5.91 Å². The standard InChI is InChI=1S/C17H28NOP.Y/c1-8-9-15(20(5,6)7)17(19)18-16-13(3)10-12(2)11-14(16)4;/h10-11,15H,8-9H2,1-7H3;/p+1. The van der Waals surface area contributed by atoms with Gasteiger partial charge in [-0.2, -0.15) is 0 Å². The van der Waals surface area contributed by atoms with E-state index in [0.29, 0.717) is 0 Å². The Morgan fingerprint density at radius 1 is 1.14 bits per heavy atom.